The molecule has 112 valence electrons. The van der Waals surface area contributed by atoms with Gasteiger partial charge in [0, 0.05) is 25.1 Å². The molecule has 1 amide bonds. The highest BCUT2D eigenvalue weighted by Crippen LogP contribution is 2.25. The van der Waals surface area contributed by atoms with Crippen molar-refractivity contribution in [2.45, 2.75) is 27.2 Å². The fourth-order valence-electron chi connectivity index (χ4n) is 2.62. The molecule has 2 atom stereocenters. The van der Waals surface area contributed by atoms with Crippen LogP contribution in [0.15, 0.2) is 18.2 Å². The van der Waals surface area contributed by atoms with Crippen molar-refractivity contribution < 1.29 is 9.90 Å². The van der Waals surface area contributed by atoms with E-state index in [0.717, 1.165) is 24.2 Å². The molecule has 0 radical (unpaired) electrons. The second-order valence-corrected chi connectivity index (χ2v) is 5.99. The normalized spacial score (nSPS) is 21.0. The Hall–Kier alpha value is -1.79. The Balaban J connectivity index is 2.28. The summed E-state index contributed by atoms with van der Waals surface area (Å²) in [6.07, 6.45) is 0.430. The van der Waals surface area contributed by atoms with Gasteiger partial charge in [-0.25, -0.2) is 0 Å². The molecule has 1 aliphatic rings. The standard InChI is InChI=1S/C18H23NO2/c1-13-7-8-16(6-4-5-9-20)17(10-13)18(21)19-11-14(2)15(3)12-19/h7-8,10,14-15,20H,5,9,11-12H2,1-3H3. The molecular formula is C18H23NO2. The average Bonchev–Trinajstić information content (AvgIpc) is 2.79. The number of rotatable bonds is 2. The van der Waals surface area contributed by atoms with Gasteiger partial charge in [-0.05, 0) is 30.9 Å². The summed E-state index contributed by atoms with van der Waals surface area (Å²) in [5.74, 6) is 7.07. The molecule has 1 heterocycles. The summed E-state index contributed by atoms with van der Waals surface area (Å²) < 4.78 is 0. The van der Waals surface area contributed by atoms with Crippen LogP contribution in [-0.4, -0.2) is 35.6 Å². The lowest BCUT2D eigenvalue weighted by Gasteiger charge is -2.17. The summed E-state index contributed by atoms with van der Waals surface area (Å²) in [4.78, 5) is 14.7. The number of hydrogen-bond donors (Lipinski definition) is 1. The van der Waals surface area contributed by atoms with Crippen molar-refractivity contribution in [1.29, 1.82) is 0 Å². The summed E-state index contributed by atoms with van der Waals surface area (Å²) in [7, 11) is 0. The van der Waals surface area contributed by atoms with Gasteiger partial charge in [-0.15, -0.1) is 0 Å². The minimum Gasteiger partial charge on any atom is -0.395 e. The van der Waals surface area contributed by atoms with Crippen LogP contribution in [0.5, 0.6) is 0 Å². The van der Waals surface area contributed by atoms with Gasteiger partial charge in [-0.3, -0.25) is 4.79 Å². The van der Waals surface area contributed by atoms with Gasteiger partial charge < -0.3 is 10.0 Å². The maximum atomic E-state index is 12.8. The number of carbonyl (C=O) groups is 1. The van der Waals surface area contributed by atoms with Crippen LogP contribution in [0.1, 0.15) is 41.8 Å². The van der Waals surface area contributed by atoms with Gasteiger partial charge in [0.2, 0.25) is 0 Å². The van der Waals surface area contributed by atoms with E-state index in [2.05, 4.69) is 25.7 Å². The number of aryl methyl sites for hydroxylation is 1. The molecular weight excluding hydrogens is 262 g/mol. The SMILES string of the molecule is Cc1ccc(C#CCCO)c(C(=O)N2CC(C)C(C)C2)c1. The Morgan fingerprint density at radius 2 is 2.00 bits per heavy atom. The second kappa shape index (κ2) is 6.78. The predicted molar refractivity (Wildman–Crippen MR) is 84.0 cm³/mol. The smallest absolute Gasteiger partial charge is 0.255 e. The number of benzene rings is 1. The van der Waals surface area contributed by atoms with Crippen molar-refractivity contribution in [3.63, 3.8) is 0 Å². The molecule has 1 aliphatic heterocycles. The first kappa shape index (κ1) is 15.6. The molecule has 1 aromatic carbocycles. The molecule has 0 saturated carbocycles. The van der Waals surface area contributed by atoms with Gasteiger partial charge in [-0.1, -0.05) is 37.3 Å². The largest absolute Gasteiger partial charge is 0.395 e. The monoisotopic (exact) mass is 285 g/mol. The topological polar surface area (TPSA) is 40.5 Å². The maximum absolute atomic E-state index is 12.8. The van der Waals surface area contributed by atoms with Crippen LogP contribution in [0.4, 0.5) is 0 Å². The first-order chi connectivity index (χ1) is 10.0. The van der Waals surface area contributed by atoms with Crippen LogP contribution < -0.4 is 0 Å². The number of aliphatic hydroxyl groups excluding tert-OH is 1. The number of nitrogens with zero attached hydrogens (tertiary/aromatic N) is 1. The van der Waals surface area contributed by atoms with Gasteiger partial charge in [-0.2, -0.15) is 0 Å². The van der Waals surface area contributed by atoms with E-state index in [4.69, 9.17) is 5.11 Å². The quantitative estimate of drug-likeness (QED) is 0.848. The Labute approximate surface area is 127 Å². The Morgan fingerprint density at radius 3 is 2.62 bits per heavy atom. The second-order valence-electron chi connectivity index (χ2n) is 5.99. The van der Waals surface area contributed by atoms with Gasteiger partial charge in [0.15, 0.2) is 0 Å². The Kier molecular flexibility index (Phi) is 5.03. The van der Waals surface area contributed by atoms with Gasteiger partial charge in [0.25, 0.3) is 5.91 Å². The average molecular weight is 285 g/mol. The van der Waals surface area contributed by atoms with Crippen LogP contribution in [0.25, 0.3) is 0 Å². The zero-order chi connectivity index (χ0) is 15.4. The van der Waals surface area contributed by atoms with Crippen molar-refractivity contribution >= 4 is 5.91 Å². The third kappa shape index (κ3) is 3.65. The molecule has 1 N–H and O–H groups in total. The molecule has 1 fully saturated rings. The van der Waals surface area contributed by atoms with E-state index in [1.807, 2.05) is 30.0 Å². The highest BCUT2D eigenvalue weighted by Gasteiger charge is 2.30. The van der Waals surface area contributed by atoms with Crippen molar-refractivity contribution in [3.8, 4) is 11.8 Å². The molecule has 2 unspecified atom stereocenters. The third-order valence-corrected chi connectivity index (χ3v) is 4.14. The van der Waals surface area contributed by atoms with Crippen LogP contribution in [0, 0.1) is 30.6 Å². The van der Waals surface area contributed by atoms with E-state index >= 15 is 0 Å². The van der Waals surface area contributed by atoms with Crippen molar-refractivity contribution in [1.82, 2.24) is 4.90 Å². The highest BCUT2D eigenvalue weighted by molar-refractivity contribution is 5.97. The molecule has 21 heavy (non-hydrogen) atoms. The molecule has 0 aromatic heterocycles. The van der Waals surface area contributed by atoms with E-state index in [-0.39, 0.29) is 12.5 Å². The third-order valence-electron chi connectivity index (χ3n) is 4.14. The fraction of sp³-hybridized carbons (Fsp3) is 0.500. The number of hydrogen-bond acceptors (Lipinski definition) is 2. The first-order valence-corrected chi connectivity index (χ1v) is 7.52. The molecule has 3 nitrogen and oxygen atoms in total. The molecule has 1 aromatic rings. The minimum atomic E-state index is 0.0449. The summed E-state index contributed by atoms with van der Waals surface area (Å²) >= 11 is 0. The maximum Gasteiger partial charge on any atom is 0.255 e. The molecule has 0 bridgehead atoms. The summed E-state index contributed by atoms with van der Waals surface area (Å²) in [6.45, 7) is 8.04. The zero-order valence-electron chi connectivity index (χ0n) is 13.0. The van der Waals surface area contributed by atoms with E-state index in [1.54, 1.807) is 0 Å². The van der Waals surface area contributed by atoms with E-state index < -0.39 is 0 Å². The first-order valence-electron chi connectivity index (χ1n) is 7.52. The van der Waals surface area contributed by atoms with E-state index in [0.29, 0.717) is 23.8 Å². The summed E-state index contributed by atoms with van der Waals surface area (Å²) in [6, 6.07) is 5.78. The zero-order valence-corrected chi connectivity index (χ0v) is 13.0. The van der Waals surface area contributed by atoms with Crippen molar-refractivity contribution in [2.24, 2.45) is 11.8 Å². The minimum absolute atomic E-state index is 0.0449. The Bertz CT molecular complexity index is 573. The molecule has 3 heteroatoms. The lowest BCUT2D eigenvalue weighted by Crippen LogP contribution is -2.29. The summed E-state index contributed by atoms with van der Waals surface area (Å²) in [5.41, 5.74) is 2.50. The van der Waals surface area contributed by atoms with E-state index in [1.165, 1.54) is 0 Å². The molecule has 2 rings (SSSR count). The predicted octanol–water partition coefficient (Wildman–Crippen LogP) is 2.46. The highest BCUT2D eigenvalue weighted by atomic mass is 16.2. The number of amides is 1. The van der Waals surface area contributed by atoms with Gasteiger partial charge in [0.1, 0.15) is 0 Å². The van der Waals surface area contributed by atoms with Crippen molar-refractivity contribution in [3.05, 3.63) is 34.9 Å². The lowest BCUT2D eigenvalue weighted by atomic mass is 10.0. The van der Waals surface area contributed by atoms with Crippen LogP contribution in [0.2, 0.25) is 0 Å². The molecule has 0 aliphatic carbocycles. The van der Waals surface area contributed by atoms with Crippen LogP contribution in [0.3, 0.4) is 0 Å². The van der Waals surface area contributed by atoms with Crippen LogP contribution in [-0.2, 0) is 0 Å². The van der Waals surface area contributed by atoms with Crippen LogP contribution >= 0.6 is 0 Å². The molecule has 1 saturated heterocycles. The van der Waals surface area contributed by atoms with Gasteiger partial charge >= 0.3 is 0 Å². The lowest BCUT2D eigenvalue weighted by molar-refractivity contribution is 0.0784. The number of carbonyl (C=O) groups excluding carboxylic acids is 1. The van der Waals surface area contributed by atoms with Gasteiger partial charge in [0.05, 0.1) is 12.2 Å². The molecule has 0 spiro atoms. The number of likely N-dealkylation sites (tertiary alicyclic amines) is 1. The van der Waals surface area contributed by atoms with Crippen molar-refractivity contribution in [2.75, 3.05) is 19.7 Å². The summed E-state index contributed by atoms with van der Waals surface area (Å²) in [5, 5.41) is 8.82. The Morgan fingerprint density at radius 1 is 1.33 bits per heavy atom. The number of aliphatic hydroxyl groups is 1. The fourth-order valence-corrected chi connectivity index (χ4v) is 2.62. The van der Waals surface area contributed by atoms with E-state index in [9.17, 15) is 4.79 Å².